The van der Waals surface area contributed by atoms with Crippen molar-refractivity contribution < 1.29 is 4.79 Å². The topological polar surface area (TPSA) is 58.4 Å². The number of nitrogens with two attached hydrogens (primary N) is 1. The monoisotopic (exact) mass is 275 g/mol. The number of para-hydroxylation sites is 2. The van der Waals surface area contributed by atoms with E-state index in [1.165, 1.54) is 0 Å². The SMILES string of the molecule is Cl.Cl.NC1CC2C(=O)Nc3ccccc3N2C1. The van der Waals surface area contributed by atoms with E-state index in [0.29, 0.717) is 0 Å². The van der Waals surface area contributed by atoms with Crippen LogP contribution in [-0.2, 0) is 4.79 Å². The van der Waals surface area contributed by atoms with Crippen molar-refractivity contribution in [2.24, 2.45) is 5.73 Å². The number of hydrogen-bond donors (Lipinski definition) is 2. The second kappa shape index (κ2) is 5.12. The van der Waals surface area contributed by atoms with E-state index in [2.05, 4.69) is 10.2 Å². The highest BCUT2D eigenvalue weighted by molar-refractivity contribution is 6.04. The molecule has 2 atom stereocenters. The van der Waals surface area contributed by atoms with Gasteiger partial charge in [0.05, 0.1) is 11.4 Å². The molecule has 2 heterocycles. The van der Waals surface area contributed by atoms with Crippen LogP contribution in [-0.4, -0.2) is 24.5 Å². The molecule has 0 saturated carbocycles. The highest BCUT2D eigenvalue weighted by Gasteiger charge is 2.39. The molecule has 0 bridgehead atoms. The first-order valence-electron chi connectivity index (χ1n) is 5.18. The van der Waals surface area contributed by atoms with Crippen LogP contribution in [0.15, 0.2) is 24.3 Å². The molecule has 2 unspecified atom stereocenters. The first kappa shape index (κ1) is 14.1. The summed E-state index contributed by atoms with van der Waals surface area (Å²) in [5.41, 5.74) is 7.88. The first-order valence-corrected chi connectivity index (χ1v) is 5.18. The third-order valence-electron chi connectivity index (χ3n) is 3.11. The number of rotatable bonds is 0. The number of anilines is 2. The van der Waals surface area contributed by atoms with Crippen LogP contribution >= 0.6 is 24.8 Å². The molecule has 1 aromatic rings. The summed E-state index contributed by atoms with van der Waals surface area (Å²) >= 11 is 0. The highest BCUT2D eigenvalue weighted by atomic mass is 35.5. The molecule has 1 amide bonds. The Morgan fingerprint density at radius 3 is 2.76 bits per heavy atom. The van der Waals surface area contributed by atoms with Crippen molar-refractivity contribution in [1.82, 2.24) is 0 Å². The lowest BCUT2D eigenvalue weighted by molar-refractivity contribution is -0.117. The normalized spacial score (nSPS) is 25.0. The van der Waals surface area contributed by atoms with Gasteiger partial charge in [-0.05, 0) is 18.6 Å². The molecule has 17 heavy (non-hydrogen) atoms. The molecule has 4 nitrogen and oxygen atoms in total. The second-order valence-electron chi connectivity index (χ2n) is 4.17. The zero-order valence-electron chi connectivity index (χ0n) is 9.13. The van der Waals surface area contributed by atoms with Gasteiger partial charge in [-0.25, -0.2) is 0 Å². The molecular weight excluding hydrogens is 261 g/mol. The molecule has 2 aliphatic heterocycles. The lowest BCUT2D eigenvalue weighted by atomic mass is 10.1. The molecule has 6 heteroatoms. The van der Waals surface area contributed by atoms with E-state index >= 15 is 0 Å². The molecule has 2 aliphatic rings. The lowest BCUT2D eigenvalue weighted by Gasteiger charge is -2.32. The van der Waals surface area contributed by atoms with Gasteiger partial charge in [0, 0.05) is 12.6 Å². The van der Waals surface area contributed by atoms with Gasteiger partial charge in [0.1, 0.15) is 6.04 Å². The first-order chi connectivity index (χ1) is 7.25. The maximum Gasteiger partial charge on any atom is 0.247 e. The van der Waals surface area contributed by atoms with Crippen molar-refractivity contribution in [2.75, 3.05) is 16.8 Å². The molecule has 1 saturated heterocycles. The van der Waals surface area contributed by atoms with Gasteiger partial charge in [0.2, 0.25) is 5.91 Å². The summed E-state index contributed by atoms with van der Waals surface area (Å²) in [5, 5.41) is 2.92. The average Bonchev–Trinajstić information content (AvgIpc) is 2.61. The molecule has 1 fully saturated rings. The van der Waals surface area contributed by atoms with Crippen LogP contribution in [0.1, 0.15) is 6.42 Å². The number of nitrogens with one attached hydrogen (secondary N) is 1. The molecule has 0 aliphatic carbocycles. The van der Waals surface area contributed by atoms with E-state index in [4.69, 9.17) is 5.73 Å². The Hall–Kier alpha value is -0.970. The Labute approximate surface area is 112 Å². The van der Waals surface area contributed by atoms with Gasteiger partial charge >= 0.3 is 0 Å². The van der Waals surface area contributed by atoms with Crippen LogP contribution in [0.25, 0.3) is 0 Å². The number of hydrogen-bond acceptors (Lipinski definition) is 3. The molecule has 0 radical (unpaired) electrons. The number of carbonyl (C=O) groups excluding carboxylic acids is 1. The summed E-state index contributed by atoms with van der Waals surface area (Å²) < 4.78 is 0. The van der Waals surface area contributed by atoms with Gasteiger partial charge in [0.15, 0.2) is 0 Å². The third kappa shape index (κ3) is 2.20. The summed E-state index contributed by atoms with van der Waals surface area (Å²) in [6, 6.07) is 7.89. The average molecular weight is 276 g/mol. The number of carbonyl (C=O) groups is 1. The van der Waals surface area contributed by atoms with Crippen molar-refractivity contribution in [3.63, 3.8) is 0 Å². The van der Waals surface area contributed by atoms with Crippen molar-refractivity contribution in [3.05, 3.63) is 24.3 Å². The van der Waals surface area contributed by atoms with Crippen LogP contribution in [0.5, 0.6) is 0 Å². The summed E-state index contributed by atoms with van der Waals surface area (Å²) in [6.07, 6.45) is 0.750. The maximum absolute atomic E-state index is 11.8. The number of nitrogens with zero attached hydrogens (tertiary/aromatic N) is 1. The fourth-order valence-electron chi connectivity index (χ4n) is 2.43. The van der Waals surface area contributed by atoms with E-state index in [1.807, 2.05) is 24.3 Å². The Morgan fingerprint density at radius 2 is 2.00 bits per heavy atom. The van der Waals surface area contributed by atoms with Crippen LogP contribution in [0, 0.1) is 0 Å². The number of benzene rings is 1. The molecule has 1 aromatic carbocycles. The van der Waals surface area contributed by atoms with E-state index in [0.717, 1.165) is 24.3 Å². The summed E-state index contributed by atoms with van der Waals surface area (Å²) in [6.45, 7) is 0.773. The zero-order chi connectivity index (χ0) is 10.4. The predicted octanol–water partition coefficient (Wildman–Crippen LogP) is 1.39. The Morgan fingerprint density at radius 1 is 1.29 bits per heavy atom. The molecular formula is C11H15Cl2N3O. The van der Waals surface area contributed by atoms with E-state index < -0.39 is 0 Å². The molecule has 0 aromatic heterocycles. The Bertz CT molecular complexity index is 427. The third-order valence-corrected chi connectivity index (χ3v) is 3.11. The zero-order valence-corrected chi connectivity index (χ0v) is 10.8. The van der Waals surface area contributed by atoms with Gasteiger partial charge in [-0.3, -0.25) is 4.79 Å². The number of fused-ring (bicyclic) bond motifs is 3. The largest absolute Gasteiger partial charge is 0.356 e. The highest BCUT2D eigenvalue weighted by Crippen LogP contribution is 2.35. The van der Waals surface area contributed by atoms with Crippen molar-refractivity contribution in [1.29, 1.82) is 0 Å². The van der Waals surface area contributed by atoms with Crippen molar-refractivity contribution in [3.8, 4) is 0 Å². The van der Waals surface area contributed by atoms with Gasteiger partial charge in [-0.15, -0.1) is 24.8 Å². The Balaban J connectivity index is 0.000000722. The Kier molecular flexibility index (Phi) is 4.25. The molecule has 94 valence electrons. The lowest BCUT2D eigenvalue weighted by Crippen LogP contribution is -2.43. The number of amides is 1. The van der Waals surface area contributed by atoms with E-state index in [1.54, 1.807) is 0 Å². The van der Waals surface area contributed by atoms with Crippen LogP contribution in [0.2, 0.25) is 0 Å². The molecule has 3 N–H and O–H groups in total. The quantitative estimate of drug-likeness (QED) is 0.752. The smallest absolute Gasteiger partial charge is 0.247 e. The summed E-state index contributed by atoms with van der Waals surface area (Å²) in [4.78, 5) is 13.9. The minimum absolute atomic E-state index is 0. The van der Waals surface area contributed by atoms with Crippen LogP contribution in [0.3, 0.4) is 0 Å². The van der Waals surface area contributed by atoms with Gasteiger partial charge in [-0.2, -0.15) is 0 Å². The minimum atomic E-state index is -0.0742. The second-order valence-corrected chi connectivity index (χ2v) is 4.17. The van der Waals surface area contributed by atoms with Crippen molar-refractivity contribution >= 4 is 42.1 Å². The fourth-order valence-corrected chi connectivity index (χ4v) is 2.43. The summed E-state index contributed by atoms with van der Waals surface area (Å²) in [5.74, 6) is 0.0710. The van der Waals surface area contributed by atoms with E-state index in [-0.39, 0.29) is 42.8 Å². The summed E-state index contributed by atoms with van der Waals surface area (Å²) in [7, 11) is 0. The molecule has 3 rings (SSSR count). The number of halogens is 2. The standard InChI is InChI=1S/C11H13N3O.2ClH/c12-7-5-10-11(15)13-8-3-1-2-4-9(8)14(10)6-7;;/h1-4,7,10H,5-6,12H2,(H,13,15);2*1H. The minimum Gasteiger partial charge on any atom is -0.356 e. The predicted molar refractivity (Wildman–Crippen MR) is 73.3 cm³/mol. The van der Waals surface area contributed by atoms with Gasteiger partial charge in [-0.1, -0.05) is 12.1 Å². The van der Waals surface area contributed by atoms with Gasteiger partial charge < -0.3 is 16.0 Å². The fraction of sp³-hybridized carbons (Fsp3) is 0.364. The van der Waals surface area contributed by atoms with Crippen LogP contribution in [0.4, 0.5) is 11.4 Å². The van der Waals surface area contributed by atoms with Gasteiger partial charge in [0.25, 0.3) is 0 Å². The molecule has 0 spiro atoms. The van der Waals surface area contributed by atoms with Crippen LogP contribution < -0.4 is 16.0 Å². The van der Waals surface area contributed by atoms with E-state index in [9.17, 15) is 4.79 Å². The van der Waals surface area contributed by atoms with Crippen molar-refractivity contribution in [2.45, 2.75) is 18.5 Å². The maximum atomic E-state index is 11.8.